The minimum Gasteiger partial charge on any atom is -0.0810 e. The van der Waals surface area contributed by atoms with Gasteiger partial charge in [-0.2, -0.15) is 0 Å². The zero-order chi connectivity index (χ0) is 24.8. The number of hydrogen-bond acceptors (Lipinski definition) is 0. The Morgan fingerprint density at radius 3 is 1.80 bits per heavy atom. The molecule has 0 nitrogen and oxygen atoms in total. The first-order valence-corrected chi connectivity index (χ1v) is 14.1. The standard InChI is InChI=1S/C34H37P/c1-6-16-26(7-2)32-25-27(34(3,4)5)23-24-30(32)31-21-14-15-22-33(31)35(28-17-10-8-11-18-28)29-19-12-9-13-20-29/h8-25H,6-7H2,1-5H3/b26-16+. The summed E-state index contributed by atoms with van der Waals surface area (Å²) in [6.07, 6.45) is 4.48. The van der Waals surface area contributed by atoms with Crippen LogP contribution in [0.1, 0.15) is 58.6 Å². The third kappa shape index (κ3) is 5.66. The summed E-state index contributed by atoms with van der Waals surface area (Å²) >= 11 is 0. The lowest BCUT2D eigenvalue weighted by atomic mass is 9.82. The van der Waals surface area contributed by atoms with Gasteiger partial charge in [0.1, 0.15) is 0 Å². The Morgan fingerprint density at radius 2 is 1.26 bits per heavy atom. The van der Waals surface area contributed by atoms with Crippen molar-refractivity contribution >= 4 is 29.4 Å². The van der Waals surface area contributed by atoms with Gasteiger partial charge in [-0.3, -0.25) is 0 Å². The Kier molecular flexibility index (Phi) is 8.04. The normalized spacial score (nSPS) is 12.2. The van der Waals surface area contributed by atoms with Gasteiger partial charge in [0.05, 0.1) is 0 Å². The monoisotopic (exact) mass is 476 g/mol. The third-order valence-electron chi connectivity index (χ3n) is 6.53. The van der Waals surface area contributed by atoms with Gasteiger partial charge in [0.15, 0.2) is 0 Å². The molecule has 0 aliphatic rings. The molecule has 4 aromatic carbocycles. The number of rotatable bonds is 7. The lowest BCUT2D eigenvalue weighted by molar-refractivity contribution is 0.590. The molecule has 0 amide bonds. The molecule has 0 saturated carbocycles. The summed E-state index contributed by atoms with van der Waals surface area (Å²) in [6.45, 7) is 11.4. The van der Waals surface area contributed by atoms with E-state index in [1.54, 1.807) is 0 Å². The van der Waals surface area contributed by atoms with Gasteiger partial charge in [-0.25, -0.2) is 0 Å². The minimum absolute atomic E-state index is 0.110. The molecule has 0 aliphatic carbocycles. The maximum absolute atomic E-state index is 2.45. The van der Waals surface area contributed by atoms with Crippen molar-refractivity contribution in [2.45, 2.75) is 52.9 Å². The molecule has 0 saturated heterocycles. The van der Waals surface area contributed by atoms with Crippen molar-refractivity contribution in [3.63, 3.8) is 0 Å². The first kappa shape index (κ1) is 25.2. The van der Waals surface area contributed by atoms with Crippen LogP contribution in [0.2, 0.25) is 0 Å². The number of hydrogen-bond donors (Lipinski definition) is 0. The van der Waals surface area contributed by atoms with E-state index in [9.17, 15) is 0 Å². The predicted octanol–water partition coefficient (Wildman–Crippen LogP) is 8.61. The fourth-order valence-corrected chi connectivity index (χ4v) is 7.15. The van der Waals surface area contributed by atoms with Gasteiger partial charge in [-0.15, -0.1) is 0 Å². The fraction of sp³-hybridized carbons (Fsp3) is 0.235. The molecular weight excluding hydrogens is 439 g/mol. The van der Waals surface area contributed by atoms with Gasteiger partial charge >= 0.3 is 0 Å². The smallest absolute Gasteiger partial charge is 0.00724 e. The lowest BCUT2D eigenvalue weighted by Crippen LogP contribution is -2.22. The summed E-state index contributed by atoms with van der Waals surface area (Å²) < 4.78 is 0. The fourth-order valence-electron chi connectivity index (χ4n) is 4.68. The highest BCUT2D eigenvalue weighted by Crippen LogP contribution is 2.40. The van der Waals surface area contributed by atoms with Crippen LogP contribution < -0.4 is 15.9 Å². The van der Waals surface area contributed by atoms with Crippen LogP contribution in [0, 0.1) is 0 Å². The average molecular weight is 477 g/mol. The summed E-state index contributed by atoms with van der Waals surface area (Å²) in [5, 5.41) is 4.18. The number of benzene rings is 4. The predicted molar refractivity (Wildman–Crippen MR) is 158 cm³/mol. The zero-order valence-electron chi connectivity index (χ0n) is 21.8. The van der Waals surface area contributed by atoms with Gasteiger partial charge in [0.2, 0.25) is 0 Å². The molecule has 0 spiro atoms. The lowest BCUT2D eigenvalue weighted by Gasteiger charge is -2.26. The topological polar surface area (TPSA) is 0 Å². The Bertz CT molecular complexity index is 1240. The van der Waals surface area contributed by atoms with Crippen molar-refractivity contribution in [2.24, 2.45) is 0 Å². The van der Waals surface area contributed by atoms with Gasteiger partial charge in [0, 0.05) is 0 Å². The number of allylic oxidation sites excluding steroid dienone is 2. The van der Waals surface area contributed by atoms with Gasteiger partial charge in [-0.05, 0) is 69.9 Å². The van der Waals surface area contributed by atoms with Crippen LogP contribution in [0.3, 0.4) is 0 Å². The van der Waals surface area contributed by atoms with Gasteiger partial charge in [0.25, 0.3) is 0 Å². The molecule has 0 unspecified atom stereocenters. The Morgan fingerprint density at radius 1 is 0.686 bits per heavy atom. The average Bonchev–Trinajstić information content (AvgIpc) is 2.88. The van der Waals surface area contributed by atoms with Crippen LogP contribution in [0.15, 0.2) is 109 Å². The molecule has 0 aromatic heterocycles. The van der Waals surface area contributed by atoms with Crippen LogP contribution >= 0.6 is 7.92 Å². The molecule has 0 fully saturated rings. The molecule has 0 aliphatic heterocycles. The molecule has 35 heavy (non-hydrogen) atoms. The molecular formula is C34H37P. The summed E-state index contributed by atoms with van der Waals surface area (Å²) in [5.41, 5.74) is 7.00. The van der Waals surface area contributed by atoms with Crippen molar-refractivity contribution in [2.75, 3.05) is 0 Å². The molecule has 0 atom stereocenters. The van der Waals surface area contributed by atoms with E-state index in [0.29, 0.717) is 0 Å². The highest BCUT2D eigenvalue weighted by atomic mass is 31.1. The summed E-state index contributed by atoms with van der Waals surface area (Å²) in [5.74, 6) is 0. The highest BCUT2D eigenvalue weighted by Gasteiger charge is 2.23. The van der Waals surface area contributed by atoms with E-state index in [-0.39, 0.29) is 5.41 Å². The molecule has 0 radical (unpaired) electrons. The van der Waals surface area contributed by atoms with Crippen molar-refractivity contribution in [1.82, 2.24) is 0 Å². The van der Waals surface area contributed by atoms with Crippen molar-refractivity contribution in [1.29, 1.82) is 0 Å². The van der Waals surface area contributed by atoms with Crippen LogP contribution in [0.25, 0.3) is 16.7 Å². The van der Waals surface area contributed by atoms with Crippen LogP contribution in [-0.4, -0.2) is 0 Å². The summed E-state index contributed by atoms with van der Waals surface area (Å²) in [7, 11) is -0.684. The second kappa shape index (κ2) is 11.2. The van der Waals surface area contributed by atoms with E-state index in [1.165, 1.54) is 43.7 Å². The van der Waals surface area contributed by atoms with E-state index in [2.05, 4.69) is 144 Å². The maximum Gasteiger partial charge on any atom is -0.00724 e. The van der Waals surface area contributed by atoms with Crippen molar-refractivity contribution in [3.8, 4) is 11.1 Å². The van der Waals surface area contributed by atoms with Gasteiger partial charge < -0.3 is 0 Å². The first-order chi connectivity index (χ1) is 16.9. The van der Waals surface area contributed by atoms with Crippen LogP contribution in [0.5, 0.6) is 0 Å². The maximum atomic E-state index is 2.45. The van der Waals surface area contributed by atoms with E-state index in [0.717, 1.165) is 12.8 Å². The second-order valence-electron chi connectivity index (χ2n) is 10.0. The van der Waals surface area contributed by atoms with E-state index in [4.69, 9.17) is 0 Å². The highest BCUT2D eigenvalue weighted by molar-refractivity contribution is 7.80. The Balaban J connectivity index is 1.99. The molecule has 0 N–H and O–H groups in total. The van der Waals surface area contributed by atoms with Crippen LogP contribution in [-0.2, 0) is 5.41 Å². The molecule has 178 valence electrons. The minimum atomic E-state index is -0.684. The molecule has 4 aromatic rings. The second-order valence-corrected chi connectivity index (χ2v) is 12.2. The summed E-state index contributed by atoms with van der Waals surface area (Å²) in [6, 6.07) is 38.2. The van der Waals surface area contributed by atoms with Crippen LogP contribution in [0.4, 0.5) is 0 Å². The first-order valence-electron chi connectivity index (χ1n) is 12.8. The molecule has 0 heterocycles. The van der Waals surface area contributed by atoms with Gasteiger partial charge in [-0.1, -0.05) is 144 Å². The largest absolute Gasteiger partial charge is 0.0810 e. The van der Waals surface area contributed by atoms with Crippen molar-refractivity contribution < 1.29 is 0 Å². The molecule has 0 bridgehead atoms. The SMILES string of the molecule is CC/C=C(\CC)c1cc(C(C)(C)C)ccc1-c1ccccc1P(c1ccccc1)c1ccccc1. The van der Waals surface area contributed by atoms with E-state index in [1.807, 2.05) is 0 Å². The Labute approximate surface area is 213 Å². The quantitative estimate of drug-likeness (QED) is 0.234. The molecule has 1 heteroatoms. The summed E-state index contributed by atoms with van der Waals surface area (Å²) in [4.78, 5) is 0. The Hall–Kier alpha value is -2.95. The third-order valence-corrected chi connectivity index (χ3v) is 9.03. The van der Waals surface area contributed by atoms with E-state index < -0.39 is 7.92 Å². The van der Waals surface area contributed by atoms with E-state index >= 15 is 0 Å². The van der Waals surface area contributed by atoms with Crippen molar-refractivity contribution in [3.05, 3.63) is 120 Å². The zero-order valence-corrected chi connectivity index (χ0v) is 22.6. The molecule has 4 rings (SSSR count).